The fourth-order valence-electron chi connectivity index (χ4n) is 1.12. The summed E-state index contributed by atoms with van der Waals surface area (Å²) in [6.45, 7) is 0.0383. The number of hydrogen-bond acceptors (Lipinski definition) is 6. The fraction of sp³-hybridized carbons (Fsp3) is 0.667. The molecule has 0 bridgehead atoms. The predicted molar refractivity (Wildman–Crippen MR) is 53.8 cm³/mol. The molecule has 1 atom stereocenters. The monoisotopic (exact) mass is 230 g/mol. The summed E-state index contributed by atoms with van der Waals surface area (Å²) in [6.07, 6.45) is 1.60. The van der Waals surface area contributed by atoms with Crippen molar-refractivity contribution in [3.8, 4) is 0 Å². The van der Waals surface area contributed by atoms with Crippen LogP contribution in [0.2, 0.25) is 0 Å². The van der Waals surface area contributed by atoms with E-state index in [1.54, 1.807) is 0 Å². The maximum Gasteiger partial charge on any atom is 0.335 e. The van der Waals surface area contributed by atoms with Gasteiger partial charge >= 0.3 is 11.9 Å². The third-order valence-corrected chi connectivity index (χ3v) is 2.01. The van der Waals surface area contributed by atoms with E-state index in [1.165, 1.54) is 0 Å². The number of carbonyl (C=O) groups is 2. The normalized spacial score (nSPS) is 18.3. The SMILES string of the molecule is N[C@@H](COCC1=NOC(=O)CCC1)C(=O)O. The maximum atomic E-state index is 10.8. The summed E-state index contributed by atoms with van der Waals surface area (Å²) in [5.41, 5.74) is 5.82. The van der Waals surface area contributed by atoms with Crippen molar-refractivity contribution in [1.82, 2.24) is 0 Å². The zero-order chi connectivity index (χ0) is 12.0. The van der Waals surface area contributed by atoms with Crippen LogP contribution in [0.3, 0.4) is 0 Å². The zero-order valence-corrected chi connectivity index (χ0v) is 8.72. The molecule has 7 heteroatoms. The van der Waals surface area contributed by atoms with E-state index < -0.39 is 12.0 Å². The summed E-state index contributed by atoms with van der Waals surface area (Å²) in [5, 5.41) is 12.1. The van der Waals surface area contributed by atoms with Crippen molar-refractivity contribution in [1.29, 1.82) is 0 Å². The van der Waals surface area contributed by atoms with Gasteiger partial charge in [-0.3, -0.25) is 4.79 Å². The lowest BCUT2D eigenvalue weighted by molar-refractivity contribution is -0.143. The van der Waals surface area contributed by atoms with E-state index in [9.17, 15) is 9.59 Å². The number of oxime groups is 1. The molecule has 0 amide bonds. The van der Waals surface area contributed by atoms with E-state index in [0.29, 0.717) is 25.0 Å². The molecule has 7 nitrogen and oxygen atoms in total. The van der Waals surface area contributed by atoms with E-state index in [0.717, 1.165) is 0 Å². The third kappa shape index (κ3) is 4.37. The summed E-state index contributed by atoms with van der Waals surface area (Å²) < 4.78 is 5.06. The van der Waals surface area contributed by atoms with Crippen LogP contribution in [0.15, 0.2) is 5.16 Å². The average molecular weight is 230 g/mol. The van der Waals surface area contributed by atoms with Crippen LogP contribution < -0.4 is 5.73 Å². The van der Waals surface area contributed by atoms with Crippen molar-refractivity contribution in [2.75, 3.05) is 13.2 Å². The van der Waals surface area contributed by atoms with Gasteiger partial charge in [0.1, 0.15) is 6.04 Å². The van der Waals surface area contributed by atoms with Gasteiger partial charge in [0.05, 0.1) is 18.9 Å². The molecule has 0 saturated heterocycles. The first-order valence-electron chi connectivity index (χ1n) is 4.91. The van der Waals surface area contributed by atoms with E-state index in [4.69, 9.17) is 15.6 Å². The van der Waals surface area contributed by atoms with Crippen LogP contribution in [-0.4, -0.2) is 42.0 Å². The van der Waals surface area contributed by atoms with Gasteiger partial charge < -0.3 is 20.4 Å². The van der Waals surface area contributed by atoms with Gasteiger partial charge in [-0.25, -0.2) is 4.79 Å². The molecule has 0 aromatic heterocycles. The highest BCUT2D eigenvalue weighted by atomic mass is 16.7. The highest BCUT2D eigenvalue weighted by Crippen LogP contribution is 2.06. The zero-order valence-electron chi connectivity index (χ0n) is 8.72. The van der Waals surface area contributed by atoms with Crippen LogP contribution in [0, 0.1) is 0 Å². The number of aliphatic carboxylic acids is 1. The Kier molecular flexibility index (Phi) is 4.87. The highest BCUT2D eigenvalue weighted by molar-refractivity contribution is 5.87. The Morgan fingerprint density at radius 3 is 3.06 bits per heavy atom. The molecule has 0 aliphatic carbocycles. The first-order chi connectivity index (χ1) is 7.59. The molecule has 1 heterocycles. The Bertz CT molecular complexity index is 302. The molecular weight excluding hydrogens is 216 g/mol. The van der Waals surface area contributed by atoms with Gasteiger partial charge in [-0.05, 0) is 12.8 Å². The van der Waals surface area contributed by atoms with Gasteiger partial charge in [0.2, 0.25) is 0 Å². The van der Waals surface area contributed by atoms with Crippen molar-refractivity contribution in [3.63, 3.8) is 0 Å². The number of nitrogens with zero attached hydrogens (tertiary/aromatic N) is 1. The van der Waals surface area contributed by atoms with E-state index in [2.05, 4.69) is 9.99 Å². The molecule has 1 aliphatic rings. The molecule has 0 fully saturated rings. The van der Waals surface area contributed by atoms with Crippen LogP contribution in [0.5, 0.6) is 0 Å². The first-order valence-corrected chi connectivity index (χ1v) is 4.91. The lowest BCUT2D eigenvalue weighted by atomic mass is 10.2. The quantitative estimate of drug-likeness (QED) is 0.616. The molecule has 0 radical (unpaired) electrons. The van der Waals surface area contributed by atoms with Gasteiger partial charge in [-0.1, -0.05) is 5.16 Å². The fourth-order valence-corrected chi connectivity index (χ4v) is 1.12. The van der Waals surface area contributed by atoms with E-state index in [-0.39, 0.29) is 19.2 Å². The standard InChI is InChI=1S/C9H14N2O5/c10-7(9(13)14)5-15-4-6-2-1-3-8(12)16-11-6/h7H,1-5,10H2,(H,13,14)/t7-/m0/s1. The summed E-state index contributed by atoms with van der Waals surface area (Å²) >= 11 is 0. The van der Waals surface area contributed by atoms with Gasteiger partial charge in [-0.2, -0.15) is 0 Å². The number of ether oxygens (including phenoxy) is 1. The second kappa shape index (κ2) is 6.19. The second-order valence-corrected chi connectivity index (χ2v) is 3.43. The van der Waals surface area contributed by atoms with Gasteiger partial charge in [0.15, 0.2) is 0 Å². The summed E-state index contributed by atoms with van der Waals surface area (Å²) in [7, 11) is 0. The van der Waals surface area contributed by atoms with E-state index >= 15 is 0 Å². The predicted octanol–water partition coefficient (Wildman–Crippen LogP) is -0.502. The summed E-state index contributed by atoms with van der Waals surface area (Å²) in [4.78, 5) is 25.7. The molecule has 0 unspecified atom stereocenters. The molecule has 1 aliphatic heterocycles. The first kappa shape index (κ1) is 12.6. The summed E-state index contributed by atoms with van der Waals surface area (Å²) in [5.74, 6) is -1.48. The lowest BCUT2D eigenvalue weighted by Crippen LogP contribution is -2.35. The Balaban J connectivity index is 2.26. The third-order valence-electron chi connectivity index (χ3n) is 2.01. The minimum absolute atomic E-state index is 0.0949. The molecule has 0 spiro atoms. The molecule has 1 rings (SSSR count). The number of nitrogens with two attached hydrogens (primary N) is 1. The Morgan fingerprint density at radius 2 is 2.38 bits per heavy atom. The molecule has 0 saturated carbocycles. The molecule has 3 N–H and O–H groups in total. The second-order valence-electron chi connectivity index (χ2n) is 3.43. The summed E-state index contributed by atoms with van der Waals surface area (Å²) in [6, 6.07) is -1.05. The molecular formula is C9H14N2O5. The van der Waals surface area contributed by atoms with Crippen LogP contribution in [0.1, 0.15) is 19.3 Å². The number of carbonyl (C=O) groups excluding carboxylic acids is 1. The van der Waals surface area contributed by atoms with Crippen molar-refractivity contribution in [2.24, 2.45) is 10.9 Å². The van der Waals surface area contributed by atoms with Crippen molar-refractivity contribution >= 4 is 17.7 Å². The Labute approximate surface area is 92.2 Å². The maximum absolute atomic E-state index is 10.8. The molecule has 90 valence electrons. The van der Waals surface area contributed by atoms with Crippen molar-refractivity contribution in [2.45, 2.75) is 25.3 Å². The van der Waals surface area contributed by atoms with E-state index in [1.807, 2.05) is 0 Å². The topological polar surface area (TPSA) is 111 Å². The molecule has 0 aromatic carbocycles. The van der Waals surface area contributed by atoms with Crippen molar-refractivity contribution < 1.29 is 24.3 Å². The van der Waals surface area contributed by atoms with Crippen LogP contribution in [-0.2, 0) is 19.2 Å². The highest BCUT2D eigenvalue weighted by Gasteiger charge is 2.14. The number of carboxylic acid groups (broad SMARTS) is 1. The van der Waals surface area contributed by atoms with Crippen molar-refractivity contribution in [3.05, 3.63) is 0 Å². The Hall–Kier alpha value is -1.47. The number of hydrogen-bond donors (Lipinski definition) is 2. The van der Waals surface area contributed by atoms with Crippen LogP contribution in [0.4, 0.5) is 0 Å². The van der Waals surface area contributed by atoms with Gasteiger partial charge in [0.25, 0.3) is 0 Å². The minimum atomic E-state index is -1.12. The lowest BCUT2D eigenvalue weighted by Gasteiger charge is -2.07. The minimum Gasteiger partial charge on any atom is -0.480 e. The van der Waals surface area contributed by atoms with Crippen LogP contribution >= 0.6 is 0 Å². The van der Waals surface area contributed by atoms with Crippen LogP contribution in [0.25, 0.3) is 0 Å². The largest absolute Gasteiger partial charge is 0.480 e. The number of carboxylic acids is 1. The smallest absolute Gasteiger partial charge is 0.335 e. The molecule has 16 heavy (non-hydrogen) atoms. The number of rotatable bonds is 5. The Morgan fingerprint density at radius 1 is 1.62 bits per heavy atom. The van der Waals surface area contributed by atoms with Gasteiger partial charge in [-0.15, -0.1) is 0 Å². The molecule has 0 aromatic rings. The van der Waals surface area contributed by atoms with Gasteiger partial charge in [0, 0.05) is 6.42 Å². The average Bonchev–Trinajstić information content (AvgIpc) is 2.43.